The summed E-state index contributed by atoms with van der Waals surface area (Å²) in [5.74, 6) is 1.57. The fourth-order valence-electron chi connectivity index (χ4n) is 6.82. The van der Waals surface area contributed by atoms with Gasteiger partial charge < -0.3 is 4.57 Å². The van der Waals surface area contributed by atoms with E-state index < -0.39 is 0 Å². The maximum atomic E-state index is 6.10. The predicted octanol–water partition coefficient (Wildman–Crippen LogP) is 9.64. The monoisotopic (exact) mass is 838 g/mol. The zero-order chi connectivity index (χ0) is 44.3. The molecule has 0 spiro atoms. The molecule has 0 unspecified atom stereocenters. The van der Waals surface area contributed by atoms with E-state index in [0.717, 1.165) is 76.0 Å². The maximum Gasteiger partial charge on any atom is 0.172 e. The second-order valence-electron chi connectivity index (χ2n) is 13.9. The Morgan fingerprint density at radius 1 is 0.823 bits per heavy atom. The molecule has 11 heteroatoms. The first-order valence-electron chi connectivity index (χ1n) is 19.9. The van der Waals surface area contributed by atoms with E-state index in [4.69, 9.17) is 27.8 Å². The Kier molecular flexibility index (Phi) is 15.0. The minimum Gasteiger partial charge on any atom is -0.340 e. The third-order valence-electron chi connectivity index (χ3n) is 9.84. The van der Waals surface area contributed by atoms with Crippen molar-refractivity contribution >= 4 is 109 Å². The molecule has 6 nitrogen and oxygen atoms in total. The van der Waals surface area contributed by atoms with E-state index in [2.05, 4.69) is 95.7 Å². The number of hydrogen-bond donors (Lipinski definition) is 0. The van der Waals surface area contributed by atoms with E-state index in [9.17, 15) is 0 Å². The summed E-state index contributed by atoms with van der Waals surface area (Å²) in [7, 11) is 10.3. The van der Waals surface area contributed by atoms with Crippen molar-refractivity contribution in [2.75, 3.05) is 0 Å². The number of rotatable bonds is 17. The predicted molar refractivity (Wildman–Crippen MR) is 274 cm³/mol. The Balaban J connectivity index is 1.40. The van der Waals surface area contributed by atoms with Crippen molar-refractivity contribution < 1.29 is 0 Å². The lowest BCUT2D eigenvalue weighted by Crippen LogP contribution is -2.26. The smallest absolute Gasteiger partial charge is 0.172 e. The number of hydrogen-bond acceptors (Lipinski definition) is 7. The molecule has 0 aliphatic rings. The van der Waals surface area contributed by atoms with Gasteiger partial charge in [-0.15, -0.1) is 22.7 Å². The lowest BCUT2D eigenvalue weighted by molar-refractivity contribution is 1.04. The molecule has 0 atom stereocenters. The molecule has 0 aliphatic carbocycles. The molecule has 4 heterocycles. The number of aromatic nitrogens is 6. The Labute approximate surface area is 376 Å². The van der Waals surface area contributed by atoms with Crippen LogP contribution in [0.4, 0.5) is 0 Å². The minimum atomic E-state index is 0.453. The van der Waals surface area contributed by atoms with E-state index in [-0.39, 0.29) is 0 Å². The van der Waals surface area contributed by atoms with E-state index >= 15 is 0 Å². The first-order chi connectivity index (χ1) is 30.0. The van der Waals surface area contributed by atoms with Crippen LogP contribution in [0.15, 0.2) is 141 Å². The second-order valence-corrected chi connectivity index (χ2v) is 16.1. The molecule has 6 aromatic rings. The van der Waals surface area contributed by atoms with E-state index in [0.29, 0.717) is 33.3 Å². The zero-order valence-corrected chi connectivity index (χ0v) is 37.2. The summed E-state index contributed by atoms with van der Waals surface area (Å²) < 4.78 is 3.01. The SMILES string of the molecule is [B]c1nc(/C=C(\[B]C)n2c(C)c(/C=C\C=C)c(/C=C(C=C)/C(C)=C/C(=C\C=C)c3n/c(=C/C(=C)c4nc(-c5ccccc5)nc(-c5ccccc5)n4)c(=C)s3)c2[B]C)c(C=C)s1. The van der Waals surface area contributed by atoms with Gasteiger partial charge in [-0.2, -0.15) is 0 Å². The number of nitrogens with zero attached hydrogens (tertiary/aromatic N) is 6. The van der Waals surface area contributed by atoms with Crippen LogP contribution in [0.5, 0.6) is 0 Å². The quantitative estimate of drug-likeness (QED) is 0.0677. The highest BCUT2D eigenvalue weighted by atomic mass is 32.1. The standard InChI is InChI=1S/C51H45B3N6S2/c1-11-15-27-40-34(7)60(45(53-9)31-43-44(14-4)62-51(52)56-43)46(54-10)41(40)30-36(13-3)32(5)28-39(22-12-2)50-55-42(35(8)61-50)29-33(6)47-57-48(37-23-18-16-19-24-37)59-49(58-47)38-25-20-17-21-26-38/h11-31H,1-4,6,8H2,5,7,9-10H3/b27-15-,32-28+,36-30+,39-22+,42-29+,45-31+. The number of allylic oxidation sites excluding steroid dienone is 10. The average Bonchev–Trinajstić information content (AvgIpc) is 3.93. The maximum absolute atomic E-state index is 6.10. The summed E-state index contributed by atoms with van der Waals surface area (Å²) in [6, 6.07) is 19.7. The largest absolute Gasteiger partial charge is 0.340 e. The summed E-state index contributed by atoms with van der Waals surface area (Å²) in [4.78, 5) is 25.5. The van der Waals surface area contributed by atoms with Crippen molar-refractivity contribution in [3.63, 3.8) is 0 Å². The fraction of sp³-hybridized carbons (Fsp3) is 0.0784. The van der Waals surface area contributed by atoms with Crippen molar-refractivity contribution in [1.82, 2.24) is 29.5 Å². The second kappa shape index (κ2) is 20.7. The lowest BCUT2D eigenvalue weighted by atomic mass is 9.72. The first-order valence-corrected chi connectivity index (χ1v) is 21.5. The van der Waals surface area contributed by atoms with Gasteiger partial charge in [-0.3, -0.25) is 4.98 Å². The molecule has 0 N–H and O–H groups in total. The molecule has 4 radical (unpaired) electrons. The third kappa shape index (κ3) is 10.1. The van der Waals surface area contributed by atoms with Crippen LogP contribution in [0.2, 0.25) is 13.6 Å². The first kappa shape index (κ1) is 44.9. The molecule has 0 saturated heterocycles. The van der Waals surface area contributed by atoms with Gasteiger partial charge in [0.15, 0.2) is 39.9 Å². The molecule has 0 amide bonds. The van der Waals surface area contributed by atoms with Crippen LogP contribution in [0.1, 0.15) is 45.1 Å². The van der Waals surface area contributed by atoms with Crippen LogP contribution in [0.25, 0.3) is 76.5 Å². The Bertz CT molecular complexity index is 2900. The van der Waals surface area contributed by atoms with Crippen LogP contribution in [0.3, 0.4) is 0 Å². The van der Waals surface area contributed by atoms with Crippen molar-refractivity contribution in [3.8, 4) is 22.8 Å². The summed E-state index contributed by atoms with van der Waals surface area (Å²) in [5, 5.41) is 1.45. The van der Waals surface area contributed by atoms with Gasteiger partial charge in [-0.05, 0) is 72.1 Å². The molecule has 300 valence electrons. The minimum absolute atomic E-state index is 0.453. The van der Waals surface area contributed by atoms with Crippen molar-refractivity contribution in [3.05, 3.63) is 189 Å². The molecule has 0 aliphatic heterocycles. The molecular formula is C51H45B3N6S2. The van der Waals surface area contributed by atoms with Gasteiger partial charge in [0.1, 0.15) is 5.01 Å². The lowest BCUT2D eigenvalue weighted by Gasteiger charge is -2.15. The fourth-order valence-corrected chi connectivity index (χ4v) is 8.32. The van der Waals surface area contributed by atoms with Gasteiger partial charge in [0, 0.05) is 43.0 Å². The van der Waals surface area contributed by atoms with E-state index in [1.807, 2.05) is 105 Å². The molecule has 4 aromatic heterocycles. The Morgan fingerprint density at radius 2 is 1.48 bits per heavy atom. The molecular weight excluding hydrogens is 793 g/mol. The number of benzene rings is 2. The van der Waals surface area contributed by atoms with Crippen LogP contribution in [-0.2, 0) is 0 Å². The summed E-state index contributed by atoms with van der Waals surface area (Å²) in [6.07, 6.45) is 21.4. The van der Waals surface area contributed by atoms with Crippen molar-refractivity contribution in [2.24, 2.45) is 0 Å². The zero-order valence-electron chi connectivity index (χ0n) is 35.6. The van der Waals surface area contributed by atoms with Crippen LogP contribution in [0, 0.1) is 6.92 Å². The van der Waals surface area contributed by atoms with Crippen molar-refractivity contribution in [1.29, 1.82) is 0 Å². The summed E-state index contributed by atoms with van der Waals surface area (Å²) in [6.45, 7) is 33.1. The third-order valence-corrected chi connectivity index (χ3v) is 11.7. The van der Waals surface area contributed by atoms with Crippen LogP contribution < -0.4 is 20.4 Å². The highest BCUT2D eigenvalue weighted by molar-refractivity contribution is 7.20. The Hall–Kier alpha value is -6.68. The molecule has 0 bridgehead atoms. The molecule has 0 saturated carbocycles. The molecule has 2 aromatic carbocycles. The van der Waals surface area contributed by atoms with E-state index in [1.165, 1.54) is 22.7 Å². The number of thiazole rings is 2. The van der Waals surface area contributed by atoms with Gasteiger partial charge in [-0.1, -0.05) is 150 Å². The van der Waals surface area contributed by atoms with E-state index in [1.54, 1.807) is 18.2 Å². The topological polar surface area (TPSA) is 69.4 Å². The molecule has 6 rings (SSSR count). The van der Waals surface area contributed by atoms with Gasteiger partial charge >= 0.3 is 0 Å². The normalized spacial score (nSPS) is 12.7. The summed E-state index contributed by atoms with van der Waals surface area (Å²) >= 11 is 2.90. The highest BCUT2D eigenvalue weighted by Gasteiger charge is 2.20. The van der Waals surface area contributed by atoms with Crippen LogP contribution >= 0.6 is 22.7 Å². The van der Waals surface area contributed by atoms with Gasteiger partial charge in [0.2, 0.25) is 0 Å². The van der Waals surface area contributed by atoms with Gasteiger partial charge in [0.05, 0.1) is 15.9 Å². The van der Waals surface area contributed by atoms with Gasteiger partial charge in [-0.25, -0.2) is 19.9 Å². The van der Waals surface area contributed by atoms with Gasteiger partial charge in [0.25, 0.3) is 0 Å². The molecule has 62 heavy (non-hydrogen) atoms. The highest BCUT2D eigenvalue weighted by Crippen LogP contribution is 2.29. The Morgan fingerprint density at radius 3 is 2.05 bits per heavy atom. The van der Waals surface area contributed by atoms with Crippen molar-refractivity contribution in [2.45, 2.75) is 27.5 Å². The molecule has 0 fully saturated rings. The average molecular weight is 839 g/mol. The summed E-state index contributed by atoms with van der Waals surface area (Å²) in [5.41, 5.74) is 11.0. The van der Waals surface area contributed by atoms with Crippen LogP contribution in [-0.4, -0.2) is 51.9 Å².